The molecular formula is C20H27NO6S2. The van der Waals surface area contributed by atoms with Crippen LogP contribution in [0.4, 0.5) is 0 Å². The number of aliphatic imine (C=N–C) groups is 1. The summed E-state index contributed by atoms with van der Waals surface area (Å²) in [6, 6.07) is 6.64. The zero-order valence-corrected chi connectivity index (χ0v) is 18.8. The van der Waals surface area contributed by atoms with Gasteiger partial charge < -0.3 is 19.3 Å². The number of ether oxygens (including phenoxy) is 3. The molecule has 0 saturated carbocycles. The van der Waals surface area contributed by atoms with E-state index in [2.05, 4.69) is 4.99 Å². The molecule has 0 bridgehead atoms. The first-order chi connectivity index (χ1) is 13.9. The summed E-state index contributed by atoms with van der Waals surface area (Å²) in [7, 11) is 1.54. The summed E-state index contributed by atoms with van der Waals surface area (Å²) < 4.78 is 15.9. The molecule has 7 nitrogen and oxygen atoms in total. The van der Waals surface area contributed by atoms with Crippen LogP contribution in [0.15, 0.2) is 41.0 Å². The number of benzene rings is 1. The fraction of sp³-hybridized carbons (Fsp3) is 0.450. The van der Waals surface area contributed by atoms with Crippen molar-refractivity contribution in [3.8, 4) is 5.75 Å². The first kappa shape index (κ1) is 25.1. The highest BCUT2D eigenvalue weighted by molar-refractivity contribution is 8.38. The first-order valence-electron chi connectivity index (χ1n) is 8.95. The van der Waals surface area contributed by atoms with Crippen molar-refractivity contribution in [1.29, 1.82) is 0 Å². The fourth-order valence-electron chi connectivity index (χ4n) is 2.33. The van der Waals surface area contributed by atoms with Gasteiger partial charge in [-0.1, -0.05) is 12.1 Å². The van der Waals surface area contributed by atoms with Crippen LogP contribution in [-0.4, -0.2) is 54.3 Å². The van der Waals surface area contributed by atoms with E-state index in [9.17, 15) is 14.7 Å². The van der Waals surface area contributed by atoms with Gasteiger partial charge in [-0.25, -0.2) is 9.79 Å². The van der Waals surface area contributed by atoms with Gasteiger partial charge in [-0.05, 0) is 50.1 Å². The molecule has 9 heteroatoms. The van der Waals surface area contributed by atoms with E-state index in [1.54, 1.807) is 38.1 Å². The average Bonchev–Trinajstić information content (AvgIpc) is 2.74. The lowest BCUT2D eigenvalue weighted by molar-refractivity contribution is -0.149. The average molecular weight is 442 g/mol. The van der Waals surface area contributed by atoms with Crippen LogP contribution in [0, 0.1) is 5.92 Å². The Hall–Kier alpha value is -1.97. The van der Waals surface area contributed by atoms with E-state index in [0.717, 1.165) is 0 Å². The van der Waals surface area contributed by atoms with Crippen molar-refractivity contribution in [2.45, 2.75) is 20.0 Å². The van der Waals surface area contributed by atoms with Gasteiger partial charge in [0.15, 0.2) is 0 Å². The van der Waals surface area contributed by atoms with Crippen molar-refractivity contribution in [2.24, 2.45) is 10.9 Å². The highest BCUT2D eigenvalue weighted by atomic mass is 32.2. The van der Waals surface area contributed by atoms with E-state index in [1.807, 2.05) is 12.5 Å². The van der Waals surface area contributed by atoms with Gasteiger partial charge in [-0.2, -0.15) is 0 Å². The lowest BCUT2D eigenvalue weighted by Crippen LogP contribution is -2.24. The van der Waals surface area contributed by atoms with E-state index >= 15 is 0 Å². The van der Waals surface area contributed by atoms with Crippen molar-refractivity contribution < 1.29 is 28.9 Å². The summed E-state index contributed by atoms with van der Waals surface area (Å²) in [4.78, 5) is 29.3. The monoisotopic (exact) mass is 441 g/mol. The molecule has 1 N–H and O–H groups in total. The molecule has 0 spiro atoms. The second-order valence-electron chi connectivity index (χ2n) is 5.55. The summed E-state index contributed by atoms with van der Waals surface area (Å²) in [5.41, 5.74) is 0.415. The Morgan fingerprint density at radius 2 is 1.69 bits per heavy atom. The van der Waals surface area contributed by atoms with Crippen molar-refractivity contribution in [1.82, 2.24) is 0 Å². The Balaban J connectivity index is 3.41. The highest BCUT2D eigenvalue weighted by Crippen LogP contribution is 2.28. The number of aliphatic hydroxyl groups excluding tert-OH is 1. The van der Waals surface area contributed by atoms with Gasteiger partial charge in [-0.15, -0.1) is 23.5 Å². The molecule has 0 fully saturated rings. The highest BCUT2D eigenvalue weighted by Gasteiger charge is 2.30. The minimum Gasteiger partial charge on any atom is -0.497 e. The Kier molecular flexibility index (Phi) is 11.5. The summed E-state index contributed by atoms with van der Waals surface area (Å²) in [5, 5.41) is 10.9. The number of nitrogens with zero attached hydrogens (tertiary/aromatic N) is 1. The fourth-order valence-corrected chi connectivity index (χ4v) is 3.38. The van der Waals surface area contributed by atoms with Crippen LogP contribution in [0.25, 0.3) is 0 Å². The largest absolute Gasteiger partial charge is 0.497 e. The third-order valence-corrected chi connectivity index (χ3v) is 5.62. The van der Waals surface area contributed by atoms with Gasteiger partial charge in [0, 0.05) is 0 Å². The molecule has 29 heavy (non-hydrogen) atoms. The number of rotatable bonds is 9. The van der Waals surface area contributed by atoms with Crippen LogP contribution in [0.5, 0.6) is 5.75 Å². The van der Waals surface area contributed by atoms with Crippen LogP contribution in [0.3, 0.4) is 0 Å². The van der Waals surface area contributed by atoms with Crippen LogP contribution in [0.2, 0.25) is 0 Å². The van der Waals surface area contributed by atoms with E-state index in [-0.39, 0.29) is 18.9 Å². The SMILES string of the molecule is CCOC(=O)/C(=C/[C@H](C(=O)OCC)[C@@H](O)c1ccc(OC)cc1)N=C(SC)SC. The van der Waals surface area contributed by atoms with E-state index < -0.39 is 24.0 Å². The van der Waals surface area contributed by atoms with Gasteiger partial charge in [-0.3, -0.25) is 4.79 Å². The maximum atomic E-state index is 12.6. The molecule has 1 aromatic rings. The molecule has 0 aromatic heterocycles. The molecule has 0 aliphatic heterocycles. The summed E-state index contributed by atoms with van der Waals surface area (Å²) in [5.74, 6) is -1.87. The molecule has 2 atom stereocenters. The zero-order chi connectivity index (χ0) is 21.8. The van der Waals surface area contributed by atoms with Crippen molar-refractivity contribution in [3.63, 3.8) is 0 Å². The number of hydrogen-bond donors (Lipinski definition) is 1. The standard InChI is InChI=1S/C20H27NO6S2/c1-6-26-18(23)15(17(22)13-8-10-14(25-3)11-9-13)12-16(19(24)27-7-2)21-20(28-4)29-5/h8-12,15,17,22H,6-7H2,1-5H3/b16-12-/t15-,17-/m0/s1. The third kappa shape index (κ3) is 7.75. The minimum atomic E-state index is -1.24. The quantitative estimate of drug-likeness (QED) is 0.270. The van der Waals surface area contributed by atoms with Crippen molar-refractivity contribution in [2.75, 3.05) is 32.8 Å². The van der Waals surface area contributed by atoms with Crippen molar-refractivity contribution >= 4 is 39.8 Å². The first-order valence-corrected chi connectivity index (χ1v) is 11.4. The van der Waals surface area contributed by atoms with Crippen molar-refractivity contribution in [3.05, 3.63) is 41.6 Å². The Bertz CT molecular complexity index is 727. The summed E-state index contributed by atoms with van der Waals surface area (Å²) in [6.07, 6.45) is 3.71. The third-order valence-electron chi connectivity index (χ3n) is 3.74. The molecule has 1 rings (SSSR count). The van der Waals surface area contributed by atoms with Gasteiger partial charge in [0.2, 0.25) is 0 Å². The van der Waals surface area contributed by atoms with E-state index in [0.29, 0.717) is 15.7 Å². The van der Waals surface area contributed by atoms with Crippen LogP contribution in [-0.2, 0) is 19.1 Å². The number of methoxy groups -OCH3 is 1. The predicted octanol–water partition coefficient (Wildman–Crippen LogP) is 3.44. The minimum absolute atomic E-state index is 0.0591. The maximum absolute atomic E-state index is 12.6. The number of carbonyl (C=O) groups is 2. The number of esters is 2. The Morgan fingerprint density at radius 3 is 2.17 bits per heavy atom. The smallest absolute Gasteiger partial charge is 0.356 e. The molecule has 0 aliphatic carbocycles. The Labute approximate surface area is 179 Å². The number of carbonyl (C=O) groups excluding carboxylic acids is 2. The number of aliphatic hydroxyl groups is 1. The second-order valence-corrected chi connectivity index (χ2v) is 7.40. The normalized spacial score (nSPS) is 13.2. The van der Waals surface area contributed by atoms with Crippen LogP contribution in [0.1, 0.15) is 25.5 Å². The summed E-state index contributed by atoms with van der Waals surface area (Å²) in [6.45, 7) is 3.64. The van der Waals surface area contributed by atoms with Crippen LogP contribution < -0.4 is 4.74 Å². The zero-order valence-electron chi connectivity index (χ0n) is 17.2. The molecule has 160 valence electrons. The molecule has 0 unspecified atom stereocenters. The molecular weight excluding hydrogens is 414 g/mol. The summed E-state index contributed by atoms with van der Waals surface area (Å²) >= 11 is 2.72. The molecule has 0 aliphatic rings. The van der Waals surface area contributed by atoms with Gasteiger partial charge in [0.25, 0.3) is 0 Å². The second kappa shape index (κ2) is 13.3. The molecule has 0 saturated heterocycles. The molecule has 0 radical (unpaired) electrons. The van der Waals surface area contributed by atoms with Gasteiger partial charge in [0.1, 0.15) is 21.7 Å². The predicted molar refractivity (Wildman–Crippen MR) is 117 cm³/mol. The number of thioether (sulfide) groups is 2. The van der Waals surface area contributed by atoms with Gasteiger partial charge >= 0.3 is 11.9 Å². The molecule has 0 amide bonds. The topological polar surface area (TPSA) is 94.4 Å². The van der Waals surface area contributed by atoms with Gasteiger partial charge in [0.05, 0.1) is 26.4 Å². The lowest BCUT2D eigenvalue weighted by atomic mass is 9.94. The lowest BCUT2D eigenvalue weighted by Gasteiger charge is -2.20. The van der Waals surface area contributed by atoms with Crippen LogP contribution >= 0.6 is 23.5 Å². The Morgan fingerprint density at radius 1 is 1.10 bits per heavy atom. The van der Waals surface area contributed by atoms with E-state index in [1.165, 1.54) is 36.7 Å². The van der Waals surface area contributed by atoms with E-state index in [4.69, 9.17) is 14.2 Å². The molecule has 1 aromatic carbocycles. The molecule has 0 heterocycles. The maximum Gasteiger partial charge on any atom is 0.356 e. The number of hydrogen-bond acceptors (Lipinski definition) is 9.